The van der Waals surface area contributed by atoms with Gasteiger partial charge in [0.05, 0.1) is 11.6 Å². The number of nitriles is 1. The number of hydrogen-bond acceptors (Lipinski definition) is 1. The Morgan fingerprint density at radius 1 is 1.00 bits per heavy atom. The lowest BCUT2D eigenvalue weighted by Crippen LogP contribution is -2.00. The van der Waals surface area contributed by atoms with Gasteiger partial charge in [-0.15, -0.1) is 0 Å². The van der Waals surface area contributed by atoms with Crippen molar-refractivity contribution in [1.82, 2.24) is 4.40 Å². The molecule has 3 rings (SSSR count). The van der Waals surface area contributed by atoms with E-state index in [2.05, 4.69) is 41.8 Å². The molecule has 0 fully saturated rings. The van der Waals surface area contributed by atoms with Crippen molar-refractivity contribution in [2.75, 3.05) is 0 Å². The summed E-state index contributed by atoms with van der Waals surface area (Å²) < 4.78 is 2.21. The molecule has 2 aromatic heterocycles. The summed E-state index contributed by atoms with van der Waals surface area (Å²) in [6.07, 6.45) is 2.09. The number of fused-ring (bicyclic) bond motifs is 1. The van der Waals surface area contributed by atoms with E-state index in [1.165, 1.54) is 16.8 Å². The monoisotopic (exact) mass is 246 g/mol. The second-order valence-corrected chi connectivity index (χ2v) is 4.71. The Hall–Kier alpha value is -2.53. The van der Waals surface area contributed by atoms with Crippen molar-refractivity contribution in [3.05, 3.63) is 77.6 Å². The van der Waals surface area contributed by atoms with Crippen molar-refractivity contribution in [3.8, 4) is 6.07 Å². The Morgan fingerprint density at radius 3 is 2.53 bits per heavy atom. The second kappa shape index (κ2) is 4.62. The molecule has 0 amide bonds. The van der Waals surface area contributed by atoms with E-state index < -0.39 is 0 Å². The average molecular weight is 246 g/mol. The molecular formula is C17H14N2. The van der Waals surface area contributed by atoms with Gasteiger partial charge in [0, 0.05) is 23.3 Å². The minimum atomic E-state index is 0.303. The smallest absolute Gasteiger partial charge is 0.0991 e. The second-order valence-electron chi connectivity index (χ2n) is 4.71. The van der Waals surface area contributed by atoms with Crippen LogP contribution in [0.15, 0.2) is 60.8 Å². The van der Waals surface area contributed by atoms with Crippen molar-refractivity contribution in [2.24, 2.45) is 0 Å². The van der Waals surface area contributed by atoms with Gasteiger partial charge in [0.2, 0.25) is 0 Å². The van der Waals surface area contributed by atoms with Gasteiger partial charge in [0.15, 0.2) is 0 Å². The van der Waals surface area contributed by atoms with E-state index in [-0.39, 0.29) is 0 Å². The van der Waals surface area contributed by atoms with E-state index in [1.54, 1.807) is 0 Å². The third-order valence-corrected chi connectivity index (χ3v) is 3.58. The fraction of sp³-hybridized carbons (Fsp3) is 0.118. The third-order valence-electron chi connectivity index (χ3n) is 3.58. The summed E-state index contributed by atoms with van der Waals surface area (Å²) in [5.74, 6) is 0.303. The maximum atomic E-state index is 8.84. The lowest BCUT2D eigenvalue weighted by atomic mass is 9.97. The van der Waals surface area contributed by atoms with Crippen molar-refractivity contribution in [1.29, 1.82) is 5.26 Å². The minimum absolute atomic E-state index is 0.303. The lowest BCUT2D eigenvalue weighted by molar-refractivity contribution is 0.854. The maximum Gasteiger partial charge on any atom is 0.0991 e. The van der Waals surface area contributed by atoms with Gasteiger partial charge < -0.3 is 4.40 Å². The fourth-order valence-corrected chi connectivity index (χ4v) is 2.45. The van der Waals surface area contributed by atoms with Crippen LogP contribution in [0.5, 0.6) is 0 Å². The van der Waals surface area contributed by atoms with Gasteiger partial charge in [-0.05, 0) is 42.0 Å². The van der Waals surface area contributed by atoms with Crippen LogP contribution < -0.4 is 0 Å². The predicted molar refractivity (Wildman–Crippen MR) is 76.1 cm³/mol. The minimum Gasteiger partial charge on any atom is -0.320 e. The number of nitrogens with zero attached hydrogens (tertiary/aromatic N) is 2. The zero-order valence-corrected chi connectivity index (χ0v) is 10.7. The van der Waals surface area contributed by atoms with E-state index in [0.29, 0.717) is 11.5 Å². The van der Waals surface area contributed by atoms with Crippen LogP contribution in [0.3, 0.4) is 0 Å². The Labute approximate surface area is 112 Å². The summed E-state index contributed by atoms with van der Waals surface area (Å²) in [6, 6.07) is 20.5. The van der Waals surface area contributed by atoms with Crippen LogP contribution in [-0.4, -0.2) is 4.40 Å². The standard InChI is InChI=1S/C17H14N2/c1-13(15-7-5-14(12-18)6-8-15)17-10-9-16-4-2-3-11-19(16)17/h2-11,13H,1H3. The molecule has 2 heteroatoms. The maximum absolute atomic E-state index is 8.84. The van der Waals surface area contributed by atoms with Crippen LogP contribution in [0.4, 0.5) is 0 Å². The fourth-order valence-electron chi connectivity index (χ4n) is 2.45. The molecule has 2 heterocycles. The first kappa shape index (κ1) is 11.6. The Bertz CT molecular complexity index is 745. The highest BCUT2D eigenvalue weighted by Gasteiger charge is 2.12. The molecule has 2 nitrogen and oxygen atoms in total. The van der Waals surface area contributed by atoms with Crippen LogP contribution in [0, 0.1) is 11.3 Å². The van der Waals surface area contributed by atoms with Gasteiger partial charge in [-0.1, -0.05) is 25.1 Å². The molecule has 0 aliphatic carbocycles. The summed E-state index contributed by atoms with van der Waals surface area (Å²) >= 11 is 0. The molecule has 1 aromatic carbocycles. The molecule has 19 heavy (non-hydrogen) atoms. The molecule has 0 radical (unpaired) electrons. The van der Waals surface area contributed by atoms with Gasteiger partial charge in [-0.25, -0.2) is 0 Å². The Kier molecular flexibility index (Phi) is 2.81. The highest BCUT2D eigenvalue weighted by Crippen LogP contribution is 2.26. The van der Waals surface area contributed by atoms with E-state index in [0.717, 1.165) is 0 Å². The lowest BCUT2D eigenvalue weighted by Gasteiger charge is -2.12. The summed E-state index contributed by atoms with van der Waals surface area (Å²) in [7, 11) is 0. The number of benzene rings is 1. The van der Waals surface area contributed by atoms with E-state index in [4.69, 9.17) is 5.26 Å². The molecule has 1 unspecified atom stereocenters. The third kappa shape index (κ3) is 2.00. The molecular weight excluding hydrogens is 232 g/mol. The van der Waals surface area contributed by atoms with E-state index in [1.807, 2.05) is 36.4 Å². The first-order chi connectivity index (χ1) is 9.29. The molecule has 0 aliphatic rings. The highest BCUT2D eigenvalue weighted by atomic mass is 14.9. The van der Waals surface area contributed by atoms with E-state index in [9.17, 15) is 0 Å². The molecule has 0 saturated carbocycles. The highest BCUT2D eigenvalue weighted by molar-refractivity contribution is 5.51. The van der Waals surface area contributed by atoms with Gasteiger partial charge in [0.25, 0.3) is 0 Å². The first-order valence-corrected chi connectivity index (χ1v) is 6.35. The molecule has 0 aliphatic heterocycles. The van der Waals surface area contributed by atoms with Crippen molar-refractivity contribution >= 4 is 5.52 Å². The zero-order chi connectivity index (χ0) is 13.2. The molecule has 3 aromatic rings. The topological polar surface area (TPSA) is 28.2 Å². The molecule has 0 saturated heterocycles. The quantitative estimate of drug-likeness (QED) is 0.672. The van der Waals surface area contributed by atoms with Crippen LogP contribution in [0.25, 0.3) is 5.52 Å². The number of rotatable bonds is 2. The van der Waals surface area contributed by atoms with Crippen molar-refractivity contribution in [3.63, 3.8) is 0 Å². The van der Waals surface area contributed by atoms with E-state index >= 15 is 0 Å². The van der Waals surface area contributed by atoms with Crippen molar-refractivity contribution < 1.29 is 0 Å². The normalized spacial score (nSPS) is 12.2. The molecule has 1 atom stereocenters. The first-order valence-electron chi connectivity index (χ1n) is 6.35. The van der Waals surface area contributed by atoms with Crippen molar-refractivity contribution in [2.45, 2.75) is 12.8 Å². The molecule has 0 bridgehead atoms. The molecule has 0 spiro atoms. The molecule has 92 valence electrons. The number of hydrogen-bond donors (Lipinski definition) is 0. The largest absolute Gasteiger partial charge is 0.320 e. The van der Waals surface area contributed by atoms with Crippen LogP contribution in [0.2, 0.25) is 0 Å². The Morgan fingerprint density at radius 2 is 1.79 bits per heavy atom. The number of aromatic nitrogens is 1. The summed E-state index contributed by atoms with van der Waals surface area (Å²) in [4.78, 5) is 0. The van der Waals surface area contributed by atoms with Gasteiger partial charge in [-0.2, -0.15) is 5.26 Å². The SMILES string of the molecule is CC(c1ccc(C#N)cc1)c1ccc2ccccn12. The molecule has 0 N–H and O–H groups in total. The van der Waals surface area contributed by atoms with Gasteiger partial charge in [0.1, 0.15) is 0 Å². The summed E-state index contributed by atoms with van der Waals surface area (Å²) in [6.45, 7) is 2.19. The van der Waals surface area contributed by atoms with Gasteiger partial charge >= 0.3 is 0 Å². The Balaban J connectivity index is 2.03. The number of pyridine rings is 1. The van der Waals surface area contributed by atoms with Crippen LogP contribution in [0.1, 0.15) is 29.7 Å². The predicted octanol–water partition coefficient (Wildman–Crippen LogP) is 3.96. The van der Waals surface area contributed by atoms with Crippen LogP contribution >= 0.6 is 0 Å². The van der Waals surface area contributed by atoms with Crippen LogP contribution in [-0.2, 0) is 0 Å². The van der Waals surface area contributed by atoms with Gasteiger partial charge in [-0.3, -0.25) is 0 Å². The summed E-state index contributed by atoms with van der Waals surface area (Å²) in [5.41, 5.74) is 4.40. The average Bonchev–Trinajstić information content (AvgIpc) is 2.90. The zero-order valence-electron chi connectivity index (χ0n) is 10.7. The summed E-state index contributed by atoms with van der Waals surface area (Å²) in [5, 5.41) is 8.84.